The van der Waals surface area contributed by atoms with Crippen LogP contribution in [0, 0.1) is 0 Å². The fourth-order valence-corrected chi connectivity index (χ4v) is 3.15. The van der Waals surface area contributed by atoms with Crippen molar-refractivity contribution in [3.05, 3.63) is 28.8 Å². The molecule has 4 heteroatoms. The molecule has 0 bridgehead atoms. The van der Waals surface area contributed by atoms with E-state index in [1.165, 1.54) is 0 Å². The highest BCUT2D eigenvalue weighted by Crippen LogP contribution is 2.47. The van der Waals surface area contributed by atoms with E-state index >= 15 is 0 Å². The number of carboxylic acids is 1. The average Bonchev–Trinajstić information content (AvgIpc) is 2.77. The van der Waals surface area contributed by atoms with E-state index < -0.39 is 5.97 Å². The summed E-state index contributed by atoms with van der Waals surface area (Å²) in [6.07, 6.45) is 4.03. The minimum absolute atomic E-state index is 0.143. The molecule has 0 saturated heterocycles. The molecule has 1 aliphatic carbocycles. The van der Waals surface area contributed by atoms with E-state index in [4.69, 9.17) is 21.4 Å². The van der Waals surface area contributed by atoms with Crippen LogP contribution in [0.15, 0.2) is 18.2 Å². The zero-order valence-corrected chi connectivity index (χ0v) is 11.2. The Morgan fingerprint density at radius 2 is 2.11 bits per heavy atom. The molecule has 0 heterocycles. The summed E-state index contributed by atoms with van der Waals surface area (Å²) in [7, 11) is 1.61. The summed E-state index contributed by atoms with van der Waals surface area (Å²) in [5.74, 6) is -0.0264. The van der Waals surface area contributed by atoms with Gasteiger partial charge in [0.25, 0.3) is 0 Å². The largest absolute Gasteiger partial charge is 0.496 e. The van der Waals surface area contributed by atoms with E-state index in [1.54, 1.807) is 13.2 Å². The molecule has 1 N–H and O–H groups in total. The van der Waals surface area contributed by atoms with Crippen LogP contribution in [0.3, 0.4) is 0 Å². The standard InChI is InChI=1S/C14H17ClO3/c1-18-12-5-4-10(15)8-11(12)14(9-13(16)17)6-2-3-7-14/h4-5,8H,2-3,6-7,9H2,1H3,(H,16,17). The highest BCUT2D eigenvalue weighted by atomic mass is 35.5. The van der Waals surface area contributed by atoms with Gasteiger partial charge in [-0.2, -0.15) is 0 Å². The van der Waals surface area contributed by atoms with Gasteiger partial charge in [-0.05, 0) is 31.0 Å². The van der Waals surface area contributed by atoms with Gasteiger partial charge >= 0.3 is 5.97 Å². The molecule has 1 aromatic carbocycles. The molecule has 1 fully saturated rings. The number of methoxy groups -OCH3 is 1. The van der Waals surface area contributed by atoms with Crippen LogP contribution in [0.4, 0.5) is 0 Å². The lowest BCUT2D eigenvalue weighted by Gasteiger charge is -2.29. The maximum absolute atomic E-state index is 11.1. The first-order valence-corrected chi connectivity index (χ1v) is 6.51. The molecule has 0 spiro atoms. The third kappa shape index (κ3) is 2.46. The van der Waals surface area contributed by atoms with Crippen molar-refractivity contribution in [3.63, 3.8) is 0 Å². The second-order valence-corrected chi connectivity index (χ2v) is 5.34. The van der Waals surface area contributed by atoms with E-state index in [0.29, 0.717) is 5.02 Å². The molecular formula is C14H17ClO3. The third-order valence-electron chi connectivity index (χ3n) is 3.78. The smallest absolute Gasteiger partial charge is 0.304 e. The number of rotatable bonds is 4. The van der Waals surface area contributed by atoms with Crippen LogP contribution in [0.1, 0.15) is 37.7 Å². The number of hydrogen-bond acceptors (Lipinski definition) is 2. The Morgan fingerprint density at radius 1 is 1.44 bits per heavy atom. The number of carbonyl (C=O) groups is 1. The molecule has 0 aromatic heterocycles. The van der Waals surface area contributed by atoms with Crippen LogP contribution in [0.5, 0.6) is 5.75 Å². The lowest BCUT2D eigenvalue weighted by Crippen LogP contribution is -2.26. The predicted molar refractivity (Wildman–Crippen MR) is 70.4 cm³/mol. The highest BCUT2D eigenvalue weighted by molar-refractivity contribution is 6.30. The maximum Gasteiger partial charge on any atom is 0.304 e. The number of aliphatic carboxylic acids is 1. The quantitative estimate of drug-likeness (QED) is 0.907. The second-order valence-electron chi connectivity index (χ2n) is 4.90. The van der Waals surface area contributed by atoms with E-state index in [0.717, 1.165) is 37.0 Å². The summed E-state index contributed by atoms with van der Waals surface area (Å²) in [5, 5.41) is 9.79. The molecule has 1 aromatic rings. The van der Waals surface area contributed by atoms with E-state index in [2.05, 4.69) is 0 Å². The summed E-state index contributed by atoms with van der Waals surface area (Å²) in [5.41, 5.74) is 0.625. The van der Waals surface area contributed by atoms with Gasteiger partial charge in [-0.25, -0.2) is 0 Å². The van der Waals surface area contributed by atoms with Gasteiger partial charge in [0.2, 0.25) is 0 Å². The van der Waals surface area contributed by atoms with Gasteiger partial charge in [0.1, 0.15) is 5.75 Å². The SMILES string of the molecule is COc1ccc(Cl)cc1C1(CC(=O)O)CCCC1. The number of hydrogen-bond donors (Lipinski definition) is 1. The van der Waals surface area contributed by atoms with Crippen molar-refractivity contribution in [1.29, 1.82) is 0 Å². The van der Waals surface area contributed by atoms with Gasteiger partial charge in [-0.15, -0.1) is 0 Å². The topological polar surface area (TPSA) is 46.5 Å². The molecular weight excluding hydrogens is 252 g/mol. The summed E-state index contributed by atoms with van der Waals surface area (Å²) in [4.78, 5) is 11.1. The predicted octanol–water partition coefficient (Wildman–Crippen LogP) is 3.64. The Hall–Kier alpha value is -1.22. The number of halogens is 1. The first-order chi connectivity index (χ1) is 8.57. The van der Waals surface area contributed by atoms with Crippen molar-refractivity contribution in [2.45, 2.75) is 37.5 Å². The number of ether oxygens (including phenoxy) is 1. The van der Waals surface area contributed by atoms with Crippen LogP contribution in [0.25, 0.3) is 0 Å². The monoisotopic (exact) mass is 268 g/mol. The van der Waals surface area contributed by atoms with Crippen molar-refractivity contribution in [3.8, 4) is 5.75 Å². The van der Waals surface area contributed by atoms with Gasteiger partial charge in [0, 0.05) is 16.0 Å². The molecule has 3 nitrogen and oxygen atoms in total. The van der Waals surface area contributed by atoms with E-state index in [1.807, 2.05) is 12.1 Å². The zero-order chi connectivity index (χ0) is 13.2. The zero-order valence-electron chi connectivity index (χ0n) is 10.4. The fraction of sp³-hybridized carbons (Fsp3) is 0.500. The fourth-order valence-electron chi connectivity index (χ4n) is 2.98. The summed E-state index contributed by atoms with van der Waals surface area (Å²) in [6, 6.07) is 5.45. The number of benzene rings is 1. The van der Waals surface area contributed by atoms with Crippen molar-refractivity contribution < 1.29 is 14.6 Å². The molecule has 18 heavy (non-hydrogen) atoms. The Kier molecular flexibility index (Phi) is 3.81. The Balaban J connectivity index is 2.47. The molecule has 0 unspecified atom stereocenters. The number of carboxylic acid groups (broad SMARTS) is 1. The van der Waals surface area contributed by atoms with Crippen molar-refractivity contribution in [1.82, 2.24) is 0 Å². The first-order valence-electron chi connectivity index (χ1n) is 6.13. The molecule has 0 aliphatic heterocycles. The highest BCUT2D eigenvalue weighted by Gasteiger charge is 2.39. The van der Waals surface area contributed by atoms with Crippen LogP contribution >= 0.6 is 11.6 Å². The Bertz CT molecular complexity index is 450. The van der Waals surface area contributed by atoms with Gasteiger partial charge in [-0.3, -0.25) is 4.79 Å². The van der Waals surface area contributed by atoms with Crippen molar-refractivity contribution in [2.24, 2.45) is 0 Å². The molecule has 1 aliphatic rings. The lowest BCUT2D eigenvalue weighted by atomic mass is 9.75. The molecule has 0 atom stereocenters. The minimum Gasteiger partial charge on any atom is -0.496 e. The van der Waals surface area contributed by atoms with Crippen LogP contribution in [-0.2, 0) is 10.2 Å². The maximum atomic E-state index is 11.1. The molecule has 0 radical (unpaired) electrons. The molecule has 2 rings (SSSR count). The third-order valence-corrected chi connectivity index (χ3v) is 4.02. The molecule has 98 valence electrons. The Morgan fingerprint density at radius 3 is 2.67 bits per heavy atom. The van der Waals surface area contributed by atoms with E-state index in [9.17, 15) is 4.79 Å². The van der Waals surface area contributed by atoms with Crippen LogP contribution < -0.4 is 4.74 Å². The van der Waals surface area contributed by atoms with Crippen LogP contribution in [-0.4, -0.2) is 18.2 Å². The van der Waals surface area contributed by atoms with Gasteiger partial charge in [0.15, 0.2) is 0 Å². The summed E-state index contributed by atoms with van der Waals surface area (Å²) >= 11 is 6.05. The van der Waals surface area contributed by atoms with E-state index in [-0.39, 0.29) is 11.8 Å². The lowest BCUT2D eigenvalue weighted by molar-refractivity contribution is -0.138. The van der Waals surface area contributed by atoms with Crippen LogP contribution in [0.2, 0.25) is 5.02 Å². The van der Waals surface area contributed by atoms with Crippen molar-refractivity contribution >= 4 is 17.6 Å². The normalized spacial score (nSPS) is 17.7. The summed E-state index contributed by atoms with van der Waals surface area (Å²) in [6.45, 7) is 0. The van der Waals surface area contributed by atoms with Gasteiger partial charge < -0.3 is 9.84 Å². The summed E-state index contributed by atoms with van der Waals surface area (Å²) < 4.78 is 5.37. The van der Waals surface area contributed by atoms with Crippen molar-refractivity contribution in [2.75, 3.05) is 7.11 Å². The Labute approximate surface area is 112 Å². The second kappa shape index (κ2) is 5.19. The molecule has 0 amide bonds. The minimum atomic E-state index is -0.765. The average molecular weight is 269 g/mol. The van der Waals surface area contributed by atoms with Gasteiger partial charge in [-0.1, -0.05) is 24.4 Å². The molecule has 1 saturated carbocycles. The first kappa shape index (κ1) is 13.2. The van der Waals surface area contributed by atoms with Gasteiger partial charge in [0.05, 0.1) is 13.5 Å².